The number of nitrogens with zero attached hydrogens (tertiary/aromatic N) is 4. The van der Waals surface area contributed by atoms with Crippen molar-refractivity contribution in [2.75, 3.05) is 20.3 Å². The molecule has 152 valence electrons. The molecule has 3 heterocycles. The fourth-order valence-electron chi connectivity index (χ4n) is 3.81. The van der Waals surface area contributed by atoms with Gasteiger partial charge < -0.3 is 31.9 Å². The molecule has 0 radical (unpaired) electrons. The molecule has 1 saturated heterocycles. The summed E-state index contributed by atoms with van der Waals surface area (Å²) in [6.07, 6.45) is -1.93. The number of hydrogen-bond donors (Lipinski definition) is 5. The fraction of sp³-hybridized carbons (Fsp3) is 0.750. The van der Waals surface area contributed by atoms with Gasteiger partial charge in [-0.2, -0.15) is 5.06 Å². The third kappa shape index (κ3) is 2.74. The Kier molecular flexibility index (Phi) is 5.00. The summed E-state index contributed by atoms with van der Waals surface area (Å²) in [5, 5.41) is 22.7. The van der Waals surface area contributed by atoms with E-state index in [1.54, 1.807) is 0 Å². The van der Waals surface area contributed by atoms with Gasteiger partial charge in [0.1, 0.15) is 30.4 Å². The monoisotopic (exact) mass is 407 g/mol. The standard InChI is InChI=1S/C12H21N7O7S/c1-11(21)6(25-27-26-23-2)3-18-8(13)16-5(4-24-10(15)20)7-12(11,18)19(22)9(14)17-7/h5-7,21-22H,3-4H2,1-2H3,(H2,13,16)(H2,14,17)(H2,15,20). The van der Waals surface area contributed by atoms with Crippen LogP contribution in [0.4, 0.5) is 4.79 Å². The molecule has 27 heavy (non-hydrogen) atoms. The van der Waals surface area contributed by atoms with Gasteiger partial charge in [0.25, 0.3) is 0 Å². The molecule has 1 fully saturated rings. The predicted octanol–water partition coefficient (Wildman–Crippen LogP) is -2.54. The van der Waals surface area contributed by atoms with E-state index in [9.17, 15) is 15.1 Å². The fourth-order valence-corrected chi connectivity index (χ4v) is 4.24. The molecule has 1 spiro atoms. The molecular formula is C12H21N7O7S. The van der Waals surface area contributed by atoms with E-state index in [0.717, 1.165) is 0 Å². The van der Waals surface area contributed by atoms with Crippen LogP contribution < -0.4 is 17.2 Å². The van der Waals surface area contributed by atoms with Gasteiger partial charge >= 0.3 is 6.09 Å². The summed E-state index contributed by atoms with van der Waals surface area (Å²) < 4.78 is 14.9. The number of guanidine groups is 2. The van der Waals surface area contributed by atoms with Crippen LogP contribution in [0.25, 0.3) is 0 Å². The van der Waals surface area contributed by atoms with E-state index in [1.807, 2.05) is 0 Å². The molecule has 3 rings (SSSR count). The van der Waals surface area contributed by atoms with Crippen LogP contribution in [0.5, 0.6) is 0 Å². The van der Waals surface area contributed by atoms with Gasteiger partial charge in [0.15, 0.2) is 23.9 Å². The van der Waals surface area contributed by atoms with Crippen LogP contribution >= 0.6 is 12.3 Å². The molecule has 0 aromatic carbocycles. The maximum absolute atomic E-state index is 11.4. The van der Waals surface area contributed by atoms with Crippen LogP contribution in [0.3, 0.4) is 0 Å². The van der Waals surface area contributed by atoms with Crippen molar-refractivity contribution in [2.45, 2.75) is 36.4 Å². The number of rotatable bonds is 6. The van der Waals surface area contributed by atoms with Gasteiger partial charge in [-0.1, -0.05) is 0 Å². The Morgan fingerprint density at radius 1 is 1.41 bits per heavy atom. The summed E-state index contributed by atoms with van der Waals surface area (Å²) in [6, 6.07) is -1.79. The summed E-state index contributed by atoms with van der Waals surface area (Å²) in [5.41, 5.74) is 13.5. The first kappa shape index (κ1) is 19.7. The van der Waals surface area contributed by atoms with E-state index in [4.69, 9.17) is 26.1 Å². The third-order valence-corrected chi connectivity index (χ3v) is 5.44. The number of carbonyl (C=O) groups is 1. The van der Waals surface area contributed by atoms with Crippen molar-refractivity contribution in [3.63, 3.8) is 0 Å². The molecule has 0 aromatic rings. The van der Waals surface area contributed by atoms with Gasteiger partial charge in [-0.15, -0.1) is 4.33 Å². The topological polar surface area (TPSA) is 204 Å². The molecule has 5 unspecified atom stereocenters. The third-order valence-electron chi connectivity index (χ3n) is 4.94. The van der Waals surface area contributed by atoms with Gasteiger partial charge in [-0.3, -0.25) is 9.39 Å². The van der Waals surface area contributed by atoms with Crippen molar-refractivity contribution in [3.05, 3.63) is 0 Å². The van der Waals surface area contributed by atoms with Gasteiger partial charge in [0.2, 0.25) is 5.96 Å². The molecular weight excluding hydrogens is 386 g/mol. The smallest absolute Gasteiger partial charge is 0.404 e. The molecule has 3 aliphatic rings. The second-order valence-corrected chi connectivity index (χ2v) is 6.77. The number of aliphatic imine (C=N–C) groups is 2. The van der Waals surface area contributed by atoms with Crippen molar-refractivity contribution in [3.8, 4) is 0 Å². The first-order chi connectivity index (χ1) is 12.7. The molecule has 0 aromatic heterocycles. The van der Waals surface area contributed by atoms with Gasteiger partial charge in [0.05, 0.1) is 13.7 Å². The van der Waals surface area contributed by atoms with Crippen molar-refractivity contribution in [1.29, 1.82) is 0 Å². The number of amides is 1. The molecule has 14 nitrogen and oxygen atoms in total. The van der Waals surface area contributed by atoms with E-state index in [1.165, 1.54) is 18.9 Å². The number of hydroxylamine groups is 2. The highest BCUT2D eigenvalue weighted by Gasteiger charge is 2.75. The van der Waals surface area contributed by atoms with Crippen molar-refractivity contribution in [2.24, 2.45) is 27.2 Å². The SMILES string of the molecule is COOSOC1CN2C(N)=NC(COC(N)=O)C3N=C(N)N(O)C32C1(C)O. The summed E-state index contributed by atoms with van der Waals surface area (Å²) in [5.74, 6) is -0.294. The van der Waals surface area contributed by atoms with Crippen molar-refractivity contribution >= 4 is 30.3 Å². The minimum absolute atomic E-state index is 0.0299. The summed E-state index contributed by atoms with van der Waals surface area (Å²) in [4.78, 5) is 25.3. The first-order valence-corrected chi connectivity index (χ1v) is 8.45. The van der Waals surface area contributed by atoms with Gasteiger partial charge in [-0.25, -0.2) is 19.7 Å². The average molecular weight is 407 g/mol. The number of ether oxygens (including phenoxy) is 1. The number of nitrogens with two attached hydrogens (primary N) is 3. The highest BCUT2D eigenvalue weighted by atomic mass is 32.2. The maximum atomic E-state index is 11.4. The Hall–Kier alpha value is -2.04. The number of carbonyl (C=O) groups excluding carboxylic acids is 1. The van der Waals surface area contributed by atoms with Gasteiger partial charge in [0, 0.05) is 0 Å². The predicted molar refractivity (Wildman–Crippen MR) is 90.6 cm³/mol. The Balaban J connectivity index is 2.00. The summed E-state index contributed by atoms with van der Waals surface area (Å²) in [7, 11) is 1.29. The van der Waals surface area contributed by atoms with E-state index >= 15 is 0 Å². The number of hydrogen-bond acceptors (Lipinski definition) is 14. The average Bonchev–Trinajstić information content (AvgIpc) is 3.00. The van der Waals surface area contributed by atoms with Crippen LogP contribution in [0.1, 0.15) is 6.92 Å². The van der Waals surface area contributed by atoms with Gasteiger partial charge in [-0.05, 0) is 6.92 Å². The quantitative estimate of drug-likeness (QED) is 0.134. The highest BCUT2D eigenvalue weighted by Crippen LogP contribution is 2.51. The largest absolute Gasteiger partial charge is 0.447 e. The van der Waals surface area contributed by atoms with Crippen LogP contribution in [0, 0.1) is 0 Å². The van der Waals surface area contributed by atoms with Crippen LogP contribution in [0.15, 0.2) is 9.98 Å². The Labute approximate surface area is 158 Å². The lowest BCUT2D eigenvalue weighted by Crippen LogP contribution is -2.76. The van der Waals surface area contributed by atoms with E-state index in [2.05, 4.69) is 19.2 Å². The van der Waals surface area contributed by atoms with Crippen LogP contribution in [0.2, 0.25) is 0 Å². The molecule has 0 bridgehead atoms. The lowest BCUT2D eigenvalue weighted by atomic mass is 9.79. The molecule has 0 aliphatic carbocycles. The van der Waals surface area contributed by atoms with Crippen molar-refractivity contribution in [1.82, 2.24) is 9.96 Å². The zero-order chi connectivity index (χ0) is 20.0. The van der Waals surface area contributed by atoms with E-state index < -0.39 is 35.5 Å². The molecule has 5 atom stereocenters. The summed E-state index contributed by atoms with van der Waals surface area (Å²) >= 11 is 0.503. The Bertz CT molecular complexity index is 676. The van der Waals surface area contributed by atoms with Crippen LogP contribution in [-0.2, 0) is 18.1 Å². The van der Waals surface area contributed by atoms with E-state index in [-0.39, 0.29) is 25.1 Å². The van der Waals surface area contributed by atoms with Crippen LogP contribution in [-0.4, -0.2) is 88.0 Å². The second-order valence-electron chi connectivity index (χ2n) is 6.30. The first-order valence-electron chi connectivity index (χ1n) is 7.78. The molecule has 3 aliphatic heterocycles. The maximum Gasteiger partial charge on any atom is 0.404 e. The Morgan fingerprint density at radius 3 is 2.74 bits per heavy atom. The van der Waals surface area contributed by atoms with E-state index in [0.29, 0.717) is 17.4 Å². The second kappa shape index (κ2) is 6.84. The molecule has 1 amide bonds. The molecule has 8 N–H and O–H groups in total. The normalized spacial score (nSPS) is 37.6. The highest BCUT2D eigenvalue weighted by molar-refractivity contribution is 7.89. The zero-order valence-electron chi connectivity index (χ0n) is 14.5. The minimum Gasteiger partial charge on any atom is -0.447 e. The number of aliphatic hydroxyl groups is 1. The minimum atomic E-state index is -1.77. The number of primary amides is 1. The molecule has 15 heteroatoms. The lowest BCUT2D eigenvalue weighted by Gasteiger charge is -2.51. The zero-order valence-corrected chi connectivity index (χ0v) is 15.3. The lowest BCUT2D eigenvalue weighted by molar-refractivity contribution is -0.227. The van der Waals surface area contributed by atoms with Crippen molar-refractivity contribution < 1.29 is 33.2 Å². The summed E-state index contributed by atoms with van der Waals surface area (Å²) in [6.45, 7) is 1.19. The Morgan fingerprint density at radius 2 is 2.11 bits per heavy atom. The molecule has 0 saturated carbocycles.